The van der Waals surface area contributed by atoms with Crippen molar-refractivity contribution in [3.8, 4) is 5.75 Å². The van der Waals surface area contributed by atoms with E-state index in [9.17, 15) is 0 Å². The third-order valence-electron chi connectivity index (χ3n) is 3.29. The van der Waals surface area contributed by atoms with Gasteiger partial charge in [-0.1, -0.05) is 36.5 Å². The van der Waals surface area contributed by atoms with Crippen molar-refractivity contribution in [2.24, 2.45) is 0 Å². The minimum absolute atomic E-state index is 0.108. The molecule has 0 aliphatic carbocycles. The predicted molar refractivity (Wildman–Crippen MR) is 99.8 cm³/mol. The molecule has 0 saturated carbocycles. The third-order valence-corrected chi connectivity index (χ3v) is 3.73. The molecule has 0 unspecified atom stereocenters. The maximum atomic E-state index is 7.38. The Bertz CT molecular complexity index is 691. The summed E-state index contributed by atoms with van der Waals surface area (Å²) < 4.78 is 9.95. The molecule has 130 valence electrons. The summed E-state index contributed by atoms with van der Waals surface area (Å²) in [5.74, 6) is 1.04. The largest absolute Gasteiger partial charge is 0.496 e. The summed E-state index contributed by atoms with van der Waals surface area (Å²) in [6.45, 7) is 4.00. The summed E-state index contributed by atoms with van der Waals surface area (Å²) in [7, 11) is 3.14. The second-order valence-corrected chi connectivity index (χ2v) is 5.89. The molecule has 0 radical (unpaired) electrons. The average Bonchev–Trinajstić information content (AvgIpc) is 2.55. The number of rotatable bonds is 4. The monoisotopic (exact) mass is 368 g/mol. The first-order chi connectivity index (χ1) is 11.4. The van der Waals surface area contributed by atoms with E-state index < -0.39 is 0 Å². The lowest BCUT2D eigenvalue weighted by molar-refractivity contribution is 0.400. The van der Waals surface area contributed by atoms with Gasteiger partial charge in [-0.2, -0.15) is 0 Å². The maximum absolute atomic E-state index is 7.38. The van der Waals surface area contributed by atoms with Crippen LogP contribution in [0.3, 0.4) is 0 Å². The summed E-state index contributed by atoms with van der Waals surface area (Å²) >= 11 is 11.5. The van der Waals surface area contributed by atoms with E-state index in [1.54, 1.807) is 13.2 Å². The van der Waals surface area contributed by atoms with Crippen LogP contribution in [0.15, 0.2) is 30.5 Å². The summed E-state index contributed by atoms with van der Waals surface area (Å²) in [6, 6.07) is 7.42. The van der Waals surface area contributed by atoms with Gasteiger partial charge >= 0.3 is 0 Å². The van der Waals surface area contributed by atoms with E-state index in [0.29, 0.717) is 10.7 Å². The van der Waals surface area contributed by atoms with E-state index in [0.717, 1.165) is 29.2 Å². The van der Waals surface area contributed by atoms with E-state index in [1.807, 2.05) is 25.1 Å². The lowest BCUT2D eigenvalue weighted by atomic mass is 10.1. The van der Waals surface area contributed by atoms with E-state index in [1.165, 1.54) is 18.9 Å². The number of halogens is 2. The Balaban J connectivity index is 0.000000240. The lowest BCUT2D eigenvalue weighted by Gasteiger charge is -2.06. The normalized spacial score (nSPS) is 9.75. The quantitative estimate of drug-likeness (QED) is 0.451. The summed E-state index contributed by atoms with van der Waals surface area (Å²) in [5.41, 5.74) is 2.75. The molecular formula is C18H22Cl2N2O2. The molecule has 2 rings (SSSR count). The van der Waals surface area contributed by atoms with Crippen LogP contribution in [0.4, 0.5) is 0 Å². The van der Waals surface area contributed by atoms with Crippen molar-refractivity contribution in [2.75, 3.05) is 14.2 Å². The van der Waals surface area contributed by atoms with Crippen molar-refractivity contribution < 1.29 is 9.47 Å². The van der Waals surface area contributed by atoms with Crippen LogP contribution in [0.2, 0.25) is 10.2 Å². The molecule has 0 amide bonds. The molecule has 0 bridgehead atoms. The topological polar surface area (TPSA) is 55.2 Å². The number of aryl methyl sites for hydroxylation is 2. The van der Waals surface area contributed by atoms with Crippen LogP contribution in [0.5, 0.6) is 5.75 Å². The molecule has 0 aliphatic heterocycles. The molecule has 0 aliphatic rings. The van der Waals surface area contributed by atoms with Gasteiger partial charge in [0.25, 0.3) is 0 Å². The Labute approximate surface area is 153 Å². The smallest absolute Gasteiger partial charge is 0.214 e. The molecule has 0 saturated heterocycles. The van der Waals surface area contributed by atoms with Crippen molar-refractivity contribution in [3.63, 3.8) is 0 Å². The highest BCUT2D eigenvalue weighted by Gasteiger charge is 2.05. The van der Waals surface area contributed by atoms with E-state index in [4.69, 9.17) is 38.1 Å². The summed E-state index contributed by atoms with van der Waals surface area (Å²) in [4.78, 5) is 3.85. The molecule has 0 fully saturated rings. The third kappa shape index (κ3) is 6.02. The molecule has 1 heterocycles. The second kappa shape index (κ2) is 10.2. The zero-order valence-corrected chi connectivity index (χ0v) is 15.8. The SMILES string of the molecule is CCCc1cc(Cl)ccc1OC.COC(=N)c1cnc(Cl)cc1C. The Morgan fingerprint density at radius 2 is 1.92 bits per heavy atom. The van der Waals surface area contributed by atoms with Crippen molar-refractivity contribution in [1.82, 2.24) is 4.98 Å². The van der Waals surface area contributed by atoms with Gasteiger partial charge in [0.05, 0.1) is 19.8 Å². The molecule has 4 nitrogen and oxygen atoms in total. The van der Waals surface area contributed by atoms with E-state index >= 15 is 0 Å². The number of hydrogen-bond acceptors (Lipinski definition) is 4. The fourth-order valence-electron chi connectivity index (χ4n) is 2.08. The summed E-state index contributed by atoms with van der Waals surface area (Å²) in [5, 5.41) is 8.59. The molecule has 0 spiro atoms. The molecule has 24 heavy (non-hydrogen) atoms. The van der Waals surface area contributed by atoms with Gasteiger partial charge in [0, 0.05) is 11.2 Å². The number of pyridine rings is 1. The Morgan fingerprint density at radius 3 is 2.46 bits per heavy atom. The number of benzene rings is 1. The van der Waals surface area contributed by atoms with Crippen molar-refractivity contribution in [1.29, 1.82) is 5.41 Å². The van der Waals surface area contributed by atoms with Gasteiger partial charge in [0.2, 0.25) is 5.90 Å². The van der Waals surface area contributed by atoms with Gasteiger partial charge < -0.3 is 9.47 Å². The number of nitrogens with one attached hydrogen (secondary N) is 1. The first-order valence-corrected chi connectivity index (χ1v) is 8.26. The Hall–Kier alpha value is -1.78. The highest BCUT2D eigenvalue weighted by Crippen LogP contribution is 2.23. The zero-order chi connectivity index (χ0) is 18.1. The van der Waals surface area contributed by atoms with Gasteiger partial charge in [-0.3, -0.25) is 5.41 Å². The van der Waals surface area contributed by atoms with Crippen LogP contribution in [0.25, 0.3) is 0 Å². The van der Waals surface area contributed by atoms with Gasteiger partial charge in [-0.05, 0) is 48.7 Å². The van der Waals surface area contributed by atoms with Crippen LogP contribution < -0.4 is 4.74 Å². The standard InChI is InChI=1S/C10H13ClO.C8H9ClN2O/c1-3-4-8-7-9(11)5-6-10(8)12-2;1-5-3-7(9)11-4-6(5)8(10)12-2/h5-7H,3-4H2,1-2H3;3-4,10H,1-2H3. The highest BCUT2D eigenvalue weighted by molar-refractivity contribution is 6.30. The molecule has 2 aromatic rings. The molecule has 1 aromatic heterocycles. The van der Waals surface area contributed by atoms with Gasteiger partial charge in [-0.25, -0.2) is 4.98 Å². The summed E-state index contributed by atoms with van der Waals surface area (Å²) in [6.07, 6.45) is 3.66. The fraction of sp³-hybridized carbons (Fsp3) is 0.333. The number of ether oxygens (including phenoxy) is 2. The molecule has 6 heteroatoms. The molecule has 0 atom stereocenters. The highest BCUT2D eigenvalue weighted by atomic mass is 35.5. The predicted octanol–water partition coefficient (Wildman–Crippen LogP) is 5.32. The molecular weight excluding hydrogens is 347 g/mol. The van der Waals surface area contributed by atoms with Gasteiger partial charge in [-0.15, -0.1) is 0 Å². The van der Waals surface area contributed by atoms with Crippen molar-refractivity contribution in [3.05, 3.63) is 57.3 Å². The minimum atomic E-state index is 0.108. The maximum Gasteiger partial charge on any atom is 0.214 e. The first-order valence-electron chi connectivity index (χ1n) is 7.50. The number of aromatic nitrogens is 1. The Morgan fingerprint density at radius 1 is 1.21 bits per heavy atom. The van der Waals surface area contributed by atoms with Crippen molar-refractivity contribution >= 4 is 29.1 Å². The van der Waals surface area contributed by atoms with Crippen molar-refractivity contribution in [2.45, 2.75) is 26.7 Å². The lowest BCUT2D eigenvalue weighted by Crippen LogP contribution is -2.04. The van der Waals surface area contributed by atoms with E-state index in [-0.39, 0.29) is 5.90 Å². The van der Waals surface area contributed by atoms with E-state index in [2.05, 4.69) is 11.9 Å². The van der Waals surface area contributed by atoms with Crippen LogP contribution in [-0.4, -0.2) is 25.1 Å². The first kappa shape index (κ1) is 20.3. The second-order valence-electron chi connectivity index (χ2n) is 5.06. The minimum Gasteiger partial charge on any atom is -0.496 e. The number of hydrogen-bond donors (Lipinski definition) is 1. The number of methoxy groups -OCH3 is 2. The van der Waals surface area contributed by atoms with Crippen LogP contribution >= 0.6 is 23.2 Å². The average molecular weight is 369 g/mol. The van der Waals surface area contributed by atoms with Crippen LogP contribution in [-0.2, 0) is 11.2 Å². The van der Waals surface area contributed by atoms with Crippen LogP contribution in [0.1, 0.15) is 30.0 Å². The van der Waals surface area contributed by atoms with Gasteiger partial charge in [0.15, 0.2) is 0 Å². The zero-order valence-electron chi connectivity index (χ0n) is 14.3. The molecule has 1 N–H and O–H groups in total. The fourth-order valence-corrected chi connectivity index (χ4v) is 2.49. The number of nitrogens with zero attached hydrogens (tertiary/aromatic N) is 1. The molecule has 1 aromatic carbocycles. The van der Waals surface area contributed by atoms with Gasteiger partial charge in [0.1, 0.15) is 10.9 Å². The Kier molecular flexibility index (Phi) is 8.58. The van der Waals surface area contributed by atoms with Crippen LogP contribution in [0, 0.1) is 12.3 Å².